The van der Waals surface area contributed by atoms with Crippen LogP contribution in [-0.2, 0) is 10.9 Å². The summed E-state index contributed by atoms with van der Waals surface area (Å²) in [5, 5.41) is 0. The van der Waals surface area contributed by atoms with Crippen molar-refractivity contribution in [2.75, 3.05) is 5.73 Å². The fraction of sp³-hybridized carbons (Fsp3) is 0.364. The fourth-order valence-electron chi connectivity index (χ4n) is 1.19. The minimum atomic E-state index is -4.51. The average molecular weight is 247 g/mol. The van der Waals surface area contributed by atoms with E-state index < -0.39 is 23.8 Å². The summed E-state index contributed by atoms with van der Waals surface area (Å²) in [5.74, 6) is -0.858. The Morgan fingerprint density at radius 3 is 2.41 bits per heavy atom. The Morgan fingerprint density at radius 1 is 1.35 bits per heavy atom. The number of benzene rings is 1. The Hall–Kier alpha value is -1.72. The molecule has 94 valence electrons. The number of hydrogen-bond acceptors (Lipinski definition) is 3. The van der Waals surface area contributed by atoms with Crippen molar-refractivity contribution >= 4 is 11.7 Å². The van der Waals surface area contributed by atoms with Gasteiger partial charge in [-0.05, 0) is 32.0 Å². The van der Waals surface area contributed by atoms with Crippen LogP contribution in [0.15, 0.2) is 18.2 Å². The van der Waals surface area contributed by atoms with Crippen molar-refractivity contribution in [1.29, 1.82) is 0 Å². The van der Waals surface area contributed by atoms with Crippen molar-refractivity contribution in [3.05, 3.63) is 29.3 Å². The van der Waals surface area contributed by atoms with Crippen LogP contribution >= 0.6 is 0 Å². The van der Waals surface area contributed by atoms with E-state index in [0.29, 0.717) is 6.07 Å². The smallest absolute Gasteiger partial charge is 0.416 e. The van der Waals surface area contributed by atoms with Gasteiger partial charge in [0.05, 0.1) is 17.2 Å². The summed E-state index contributed by atoms with van der Waals surface area (Å²) >= 11 is 0. The monoisotopic (exact) mass is 247 g/mol. The highest BCUT2D eigenvalue weighted by molar-refractivity contribution is 5.95. The lowest BCUT2D eigenvalue weighted by Gasteiger charge is -2.12. The maximum absolute atomic E-state index is 12.4. The first-order chi connectivity index (χ1) is 7.71. The van der Waals surface area contributed by atoms with E-state index in [0.717, 1.165) is 12.1 Å². The van der Waals surface area contributed by atoms with E-state index in [1.807, 2.05) is 0 Å². The van der Waals surface area contributed by atoms with Crippen molar-refractivity contribution in [3.63, 3.8) is 0 Å². The molecule has 0 aliphatic heterocycles. The van der Waals surface area contributed by atoms with Crippen molar-refractivity contribution in [2.24, 2.45) is 0 Å². The maximum Gasteiger partial charge on any atom is 0.416 e. The number of rotatable bonds is 2. The van der Waals surface area contributed by atoms with Gasteiger partial charge in [0.25, 0.3) is 0 Å². The topological polar surface area (TPSA) is 52.3 Å². The normalized spacial score (nSPS) is 11.6. The molecule has 6 heteroatoms. The third-order valence-electron chi connectivity index (χ3n) is 1.94. The van der Waals surface area contributed by atoms with E-state index in [1.165, 1.54) is 0 Å². The molecule has 0 amide bonds. The number of carbonyl (C=O) groups excluding carboxylic acids is 1. The molecule has 0 aliphatic carbocycles. The molecule has 0 spiro atoms. The summed E-state index contributed by atoms with van der Waals surface area (Å²) in [6.07, 6.45) is -4.93. The molecule has 0 heterocycles. The summed E-state index contributed by atoms with van der Waals surface area (Å²) in [4.78, 5) is 11.5. The lowest BCUT2D eigenvalue weighted by Crippen LogP contribution is -2.15. The molecular weight excluding hydrogens is 235 g/mol. The predicted molar refractivity (Wildman–Crippen MR) is 56.4 cm³/mol. The van der Waals surface area contributed by atoms with E-state index in [4.69, 9.17) is 10.5 Å². The molecule has 17 heavy (non-hydrogen) atoms. The Bertz CT molecular complexity index is 427. The van der Waals surface area contributed by atoms with Gasteiger partial charge in [0.15, 0.2) is 0 Å². The third-order valence-corrected chi connectivity index (χ3v) is 1.94. The van der Waals surface area contributed by atoms with Crippen molar-refractivity contribution in [2.45, 2.75) is 26.1 Å². The zero-order valence-electron chi connectivity index (χ0n) is 9.34. The van der Waals surface area contributed by atoms with Gasteiger partial charge in [-0.3, -0.25) is 0 Å². The number of nitrogens with two attached hydrogens (primary N) is 1. The SMILES string of the molecule is CC(C)OC(=O)c1cc(C(F)(F)F)ccc1N. The zero-order chi connectivity index (χ0) is 13.2. The molecule has 0 unspecified atom stereocenters. The molecule has 0 aromatic heterocycles. The number of halogens is 3. The number of esters is 1. The van der Waals surface area contributed by atoms with Crippen LogP contribution in [0.1, 0.15) is 29.8 Å². The van der Waals surface area contributed by atoms with Gasteiger partial charge in [-0.2, -0.15) is 13.2 Å². The zero-order valence-corrected chi connectivity index (χ0v) is 9.34. The second-order valence-corrected chi connectivity index (χ2v) is 3.75. The number of alkyl halides is 3. The molecular formula is C11H12F3NO2. The van der Waals surface area contributed by atoms with E-state index >= 15 is 0 Å². The highest BCUT2D eigenvalue weighted by atomic mass is 19.4. The van der Waals surface area contributed by atoms with Crippen LogP contribution in [0.4, 0.5) is 18.9 Å². The van der Waals surface area contributed by atoms with Crippen LogP contribution in [-0.4, -0.2) is 12.1 Å². The van der Waals surface area contributed by atoms with E-state index in [1.54, 1.807) is 13.8 Å². The Kier molecular flexibility index (Phi) is 3.65. The minimum absolute atomic E-state index is 0.0383. The largest absolute Gasteiger partial charge is 0.459 e. The molecule has 3 nitrogen and oxygen atoms in total. The highest BCUT2D eigenvalue weighted by Gasteiger charge is 2.31. The predicted octanol–water partition coefficient (Wildman–Crippen LogP) is 2.85. The van der Waals surface area contributed by atoms with Crippen LogP contribution in [0.5, 0.6) is 0 Å². The summed E-state index contributed by atoms with van der Waals surface area (Å²) in [6, 6.07) is 2.56. The van der Waals surface area contributed by atoms with Crippen LogP contribution in [0.3, 0.4) is 0 Å². The number of nitrogen functional groups attached to an aromatic ring is 1. The molecule has 0 bridgehead atoms. The van der Waals surface area contributed by atoms with Crippen LogP contribution in [0, 0.1) is 0 Å². The van der Waals surface area contributed by atoms with Gasteiger partial charge in [0.2, 0.25) is 0 Å². The Balaban J connectivity index is 3.11. The molecule has 0 fully saturated rings. The first-order valence-corrected chi connectivity index (χ1v) is 4.89. The van der Waals surface area contributed by atoms with Crippen molar-refractivity contribution in [1.82, 2.24) is 0 Å². The summed E-state index contributed by atoms with van der Waals surface area (Å²) < 4.78 is 42.1. The maximum atomic E-state index is 12.4. The van der Waals surface area contributed by atoms with Gasteiger partial charge in [-0.1, -0.05) is 0 Å². The molecule has 1 aromatic carbocycles. The second kappa shape index (κ2) is 4.65. The molecule has 0 radical (unpaired) electrons. The lowest BCUT2D eigenvalue weighted by molar-refractivity contribution is -0.137. The average Bonchev–Trinajstić information content (AvgIpc) is 2.15. The molecule has 1 aromatic rings. The lowest BCUT2D eigenvalue weighted by atomic mass is 10.1. The van der Waals surface area contributed by atoms with Gasteiger partial charge in [0, 0.05) is 5.69 Å². The standard InChI is InChI=1S/C11H12F3NO2/c1-6(2)17-10(16)8-5-7(11(12,13)14)3-4-9(8)15/h3-6H,15H2,1-2H3. The third kappa shape index (κ3) is 3.37. The van der Waals surface area contributed by atoms with E-state index in [2.05, 4.69) is 0 Å². The first kappa shape index (κ1) is 13.3. The van der Waals surface area contributed by atoms with Gasteiger partial charge < -0.3 is 10.5 Å². The van der Waals surface area contributed by atoms with Gasteiger partial charge in [-0.15, -0.1) is 0 Å². The molecule has 1 rings (SSSR count). The molecule has 0 atom stereocenters. The molecule has 2 N–H and O–H groups in total. The van der Waals surface area contributed by atoms with Crippen LogP contribution in [0.25, 0.3) is 0 Å². The summed E-state index contributed by atoms with van der Waals surface area (Å²) in [7, 11) is 0. The quantitative estimate of drug-likeness (QED) is 0.645. The van der Waals surface area contributed by atoms with E-state index in [-0.39, 0.29) is 11.3 Å². The fourth-order valence-corrected chi connectivity index (χ4v) is 1.19. The molecule has 0 aliphatic rings. The van der Waals surface area contributed by atoms with Crippen LogP contribution < -0.4 is 5.73 Å². The van der Waals surface area contributed by atoms with Gasteiger partial charge >= 0.3 is 12.1 Å². The summed E-state index contributed by atoms with van der Waals surface area (Å²) in [5.41, 5.74) is 4.20. The van der Waals surface area contributed by atoms with Crippen molar-refractivity contribution < 1.29 is 22.7 Å². The number of anilines is 1. The second-order valence-electron chi connectivity index (χ2n) is 3.75. The number of carbonyl (C=O) groups is 1. The molecule has 0 saturated heterocycles. The van der Waals surface area contributed by atoms with Crippen molar-refractivity contribution in [3.8, 4) is 0 Å². The molecule has 0 saturated carbocycles. The van der Waals surface area contributed by atoms with Gasteiger partial charge in [-0.25, -0.2) is 4.79 Å². The summed E-state index contributed by atoms with van der Waals surface area (Å²) in [6.45, 7) is 3.20. The Morgan fingerprint density at radius 2 is 1.94 bits per heavy atom. The number of hydrogen-bond donors (Lipinski definition) is 1. The Labute approximate surface area is 96.4 Å². The van der Waals surface area contributed by atoms with Gasteiger partial charge in [0.1, 0.15) is 0 Å². The van der Waals surface area contributed by atoms with Crippen LogP contribution in [0.2, 0.25) is 0 Å². The van der Waals surface area contributed by atoms with E-state index in [9.17, 15) is 18.0 Å². The minimum Gasteiger partial charge on any atom is -0.459 e. The first-order valence-electron chi connectivity index (χ1n) is 4.89. The highest BCUT2D eigenvalue weighted by Crippen LogP contribution is 2.31. The number of ether oxygens (including phenoxy) is 1.